The van der Waals surface area contributed by atoms with Gasteiger partial charge in [0.1, 0.15) is 29.8 Å². The molecule has 0 radical (unpaired) electrons. The standard InChI is InChI=1S/C16H11F2IO10S/c17-16(18,30(23,24)25)15(22)29-12-10-7(8-9(27-10)11(12)28-14(8)21)13(20)26-6-3-1-5(19)2-4-6/h1-4,7-12H,(H,23,24,25). The Morgan fingerprint density at radius 2 is 1.77 bits per heavy atom. The minimum atomic E-state index is -6.10. The van der Waals surface area contributed by atoms with Gasteiger partial charge in [0.05, 0.1) is 0 Å². The molecule has 6 atom stereocenters. The van der Waals surface area contributed by atoms with Gasteiger partial charge in [-0.25, -0.2) is 4.79 Å². The lowest BCUT2D eigenvalue weighted by atomic mass is 9.78. The Labute approximate surface area is 180 Å². The molecular formula is C16H11F2IO10S. The number of alkyl halides is 2. The van der Waals surface area contributed by atoms with E-state index in [0.29, 0.717) is 0 Å². The van der Waals surface area contributed by atoms with Crippen LogP contribution in [-0.4, -0.2) is 60.5 Å². The number of fused-ring (bicyclic) bond motifs is 1. The third kappa shape index (κ3) is 3.25. The van der Waals surface area contributed by atoms with Crippen LogP contribution in [0.4, 0.5) is 8.78 Å². The van der Waals surface area contributed by atoms with E-state index < -0.39 is 69.5 Å². The van der Waals surface area contributed by atoms with Crippen molar-refractivity contribution in [2.24, 2.45) is 11.8 Å². The highest BCUT2D eigenvalue weighted by Crippen LogP contribution is 2.51. The van der Waals surface area contributed by atoms with E-state index in [-0.39, 0.29) is 5.75 Å². The average molecular weight is 560 g/mol. The Kier molecular flexibility index (Phi) is 5.02. The lowest BCUT2D eigenvalue weighted by Gasteiger charge is -2.27. The van der Waals surface area contributed by atoms with E-state index in [1.165, 1.54) is 12.1 Å². The van der Waals surface area contributed by atoms with Crippen molar-refractivity contribution in [3.8, 4) is 5.75 Å². The number of hydrogen-bond donors (Lipinski definition) is 1. The molecule has 10 nitrogen and oxygen atoms in total. The fourth-order valence-corrected chi connectivity index (χ4v) is 4.34. The predicted octanol–water partition coefficient (Wildman–Crippen LogP) is 0.528. The van der Waals surface area contributed by atoms with Crippen LogP contribution in [0.15, 0.2) is 24.3 Å². The van der Waals surface area contributed by atoms with Crippen LogP contribution >= 0.6 is 22.6 Å². The zero-order valence-corrected chi connectivity index (χ0v) is 17.4. The smallest absolute Gasteiger partial charge is 0.455 e. The summed E-state index contributed by atoms with van der Waals surface area (Å²) in [6, 6.07) is 6.30. The van der Waals surface area contributed by atoms with E-state index in [1.807, 2.05) is 22.6 Å². The number of esters is 3. The number of benzene rings is 1. The van der Waals surface area contributed by atoms with Crippen molar-refractivity contribution in [2.45, 2.75) is 29.7 Å². The molecule has 3 aliphatic heterocycles. The zero-order chi connectivity index (χ0) is 22.0. The fourth-order valence-electron chi connectivity index (χ4n) is 3.72. The maximum atomic E-state index is 13.6. The van der Waals surface area contributed by atoms with Gasteiger partial charge in [0.25, 0.3) is 0 Å². The molecule has 1 aromatic carbocycles. The SMILES string of the molecule is O=C1OC2C(OC(=O)C(F)(F)S(=O)(=O)O)C3OC2C1C3C(=O)Oc1ccc(I)cc1. The highest BCUT2D eigenvalue weighted by atomic mass is 127. The molecule has 0 saturated carbocycles. The molecule has 3 fully saturated rings. The minimum Gasteiger partial charge on any atom is -0.455 e. The van der Waals surface area contributed by atoms with Gasteiger partial charge in [-0.3, -0.25) is 14.1 Å². The van der Waals surface area contributed by atoms with E-state index in [4.69, 9.17) is 18.8 Å². The monoisotopic (exact) mass is 560 g/mol. The van der Waals surface area contributed by atoms with Gasteiger partial charge in [0.15, 0.2) is 12.2 Å². The third-order valence-electron chi connectivity index (χ3n) is 5.01. The topological polar surface area (TPSA) is 142 Å². The molecule has 6 unspecified atom stereocenters. The predicted molar refractivity (Wildman–Crippen MR) is 96.7 cm³/mol. The van der Waals surface area contributed by atoms with E-state index in [1.54, 1.807) is 12.1 Å². The van der Waals surface area contributed by atoms with Crippen LogP contribution in [0.5, 0.6) is 5.75 Å². The number of rotatable bonds is 5. The van der Waals surface area contributed by atoms with Gasteiger partial charge in [-0.2, -0.15) is 17.2 Å². The molecule has 1 N–H and O–H groups in total. The first-order valence-electron chi connectivity index (χ1n) is 8.31. The summed E-state index contributed by atoms with van der Waals surface area (Å²) >= 11 is 2.03. The van der Waals surface area contributed by atoms with Crippen LogP contribution in [0, 0.1) is 15.4 Å². The Bertz CT molecular complexity index is 1030. The molecule has 3 aliphatic rings. The zero-order valence-electron chi connectivity index (χ0n) is 14.4. The summed E-state index contributed by atoms with van der Waals surface area (Å²) in [5, 5.41) is -5.26. The van der Waals surface area contributed by atoms with E-state index >= 15 is 0 Å². The summed E-state index contributed by atoms with van der Waals surface area (Å²) in [7, 11) is -6.10. The molecule has 30 heavy (non-hydrogen) atoms. The third-order valence-corrected chi connectivity index (χ3v) is 6.55. The number of halogens is 3. The summed E-state index contributed by atoms with van der Waals surface area (Å²) in [5.41, 5.74) is 0. The Morgan fingerprint density at radius 3 is 2.37 bits per heavy atom. The summed E-state index contributed by atoms with van der Waals surface area (Å²) in [4.78, 5) is 36.5. The normalized spacial score (nSPS) is 32.1. The average Bonchev–Trinajstić information content (AvgIpc) is 3.26. The summed E-state index contributed by atoms with van der Waals surface area (Å²) in [6.45, 7) is 0. The number of carbonyl (C=O) groups is 3. The lowest BCUT2D eigenvalue weighted by molar-refractivity contribution is -0.177. The van der Waals surface area contributed by atoms with Crippen molar-refractivity contribution in [1.82, 2.24) is 0 Å². The van der Waals surface area contributed by atoms with E-state index in [9.17, 15) is 31.6 Å². The van der Waals surface area contributed by atoms with Crippen molar-refractivity contribution >= 4 is 50.6 Å². The summed E-state index contributed by atoms with van der Waals surface area (Å²) in [5.74, 6) is -6.66. The second-order valence-electron chi connectivity index (χ2n) is 6.76. The number of hydrogen-bond acceptors (Lipinski definition) is 9. The number of carbonyl (C=O) groups excluding carboxylic acids is 3. The maximum absolute atomic E-state index is 13.6. The second-order valence-corrected chi connectivity index (χ2v) is 9.46. The fraction of sp³-hybridized carbons (Fsp3) is 0.438. The van der Waals surface area contributed by atoms with Crippen LogP contribution < -0.4 is 4.74 Å². The molecule has 162 valence electrons. The molecule has 2 bridgehead atoms. The van der Waals surface area contributed by atoms with E-state index in [0.717, 1.165) is 3.57 Å². The van der Waals surface area contributed by atoms with Crippen LogP contribution in [0.1, 0.15) is 0 Å². The van der Waals surface area contributed by atoms with Crippen molar-refractivity contribution in [1.29, 1.82) is 0 Å². The maximum Gasteiger partial charge on any atom is 0.465 e. The van der Waals surface area contributed by atoms with Crippen LogP contribution in [0.2, 0.25) is 0 Å². The van der Waals surface area contributed by atoms with Gasteiger partial charge in [-0.15, -0.1) is 0 Å². The van der Waals surface area contributed by atoms with Crippen molar-refractivity contribution in [3.63, 3.8) is 0 Å². The summed E-state index contributed by atoms with van der Waals surface area (Å²) < 4.78 is 78.2. The second kappa shape index (κ2) is 7.06. The van der Waals surface area contributed by atoms with Crippen molar-refractivity contribution < 1.29 is 55.1 Å². The molecular weight excluding hydrogens is 549 g/mol. The van der Waals surface area contributed by atoms with Gasteiger partial charge in [0, 0.05) is 3.57 Å². The molecule has 1 aromatic rings. The first-order chi connectivity index (χ1) is 13.9. The van der Waals surface area contributed by atoms with Crippen molar-refractivity contribution in [3.05, 3.63) is 27.8 Å². The van der Waals surface area contributed by atoms with Gasteiger partial charge < -0.3 is 18.9 Å². The van der Waals surface area contributed by atoms with Crippen LogP contribution in [0.3, 0.4) is 0 Å². The molecule has 14 heteroatoms. The van der Waals surface area contributed by atoms with Gasteiger partial charge in [-0.05, 0) is 46.9 Å². The Morgan fingerprint density at radius 1 is 1.13 bits per heavy atom. The number of ether oxygens (including phenoxy) is 4. The molecule has 0 aromatic heterocycles. The minimum absolute atomic E-state index is 0.151. The first kappa shape index (κ1) is 21.3. The Hall–Kier alpha value is -1.91. The van der Waals surface area contributed by atoms with E-state index in [2.05, 4.69) is 4.74 Å². The van der Waals surface area contributed by atoms with Crippen molar-refractivity contribution in [2.75, 3.05) is 0 Å². The van der Waals surface area contributed by atoms with Crippen LogP contribution in [-0.2, 0) is 38.7 Å². The first-order valence-corrected chi connectivity index (χ1v) is 10.8. The molecule has 0 aliphatic carbocycles. The van der Waals surface area contributed by atoms with Crippen LogP contribution in [0.25, 0.3) is 0 Å². The summed E-state index contributed by atoms with van der Waals surface area (Å²) in [6.07, 6.45) is -5.43. The quantitative estimate of drug-likeness (QED) is 0.235. The molecule has 3 saturated heterocycles. The highest BCUT2D eigenvalue weighted by Gasteiger charge is 2.73. The van der Waals surface area contributed by atoms with Gasteiger partial charge in [-0.1, -0.05) is 0 Å². The molecule has 4 rings (SSSR count). The molecule has 3 heterocycles. The molecule has 0 spiro atoms. The van der Waals surface area contributed by atoms with Gasteiger partial charge in [0.2, 0.25) is 0 Å². The molecule has 0 amide bonds. The highest BCUT2D eigenvalue weighted by molar-refractivity contribution is 14.1. The largest absolute Gasteiger partial charge is 0.465 e. The lowest BCUT2D eigenvalue weighted by Crippen LogP contribution is -2.51. The Balaban J connectivity index is 1.57. The van der Waals surface area contributed by atoms with Gasteiger partial charge >= 0.3 is 33.3 Å².